The maximum Gasteiger partial charge on any atom is 0.233 e. The van der Waals surface area contributed by atoms with Crippen LogP contribution in [-0.4, -0.2) is 62.6 Å². The topological polar surface area (TPSA) is 81.9 Å². The highest BCUT2D eigenvalue weighted by molar-refractivity contribution is 14.0. The van der Waals surface area contributed by atoms with Gasteiger partial charge in [-0.2, -0.15) is 0 Å². The zero-order valence-corrected chi connectivity index (χ0v) is 17.7. The molecule has 1 saturated heterocycles. The van der Waals surface area contributed by atoms with E-state index in [1.54, 1.807) is 13.3 Å². The predicted octanol–water partition coefficient (Wildman–Crippen LogP) is 1.37. The fourth-order valence-electron chi connectivity index (χ4n) is 2.77. The fourth-order valence-corrected chi connectivity index (χ4v) is 2.77. The van der Waals surface area contributed by atoms with Crippen LogP contribution >= 0.6 is 24.0 Å². The van der Waals surface area contributed by atoms with Crippen LogP contribution in [0.4, 0.5) is 0 Å². The number of hydrogen-bond donors (Lipinski definition) is 3. The summed E-state index contributed by atoms with van der Waals surface area (Å²) in [6, 6.07) is 4.21. The van der Waals surface area contributed by atoms with E-state index in [0.29, 0.717) is 25.7 Å². The number of carbonyl (C=O) groups is 1. The lowest BCUT2D eigenvalue weighted by molar-refractivity contribution is -0.122. The van der Waals surface area contributed by atoms with Gasteiger partial charge in [0.05, 0.1) is 12.8 Å². The third-order valence-corrected chi connectivity index (χ3v) is 4.20. The molecule has 1 amide bonds. The first-order valence-corrected chi connectivity index (χ1v) is 8.82. The maximum absolute atomic E-state index is 11.5. The molecule has 0 saturated carbocycles. The normalized spacial score (nSPS) is 15.8. The molecule has 0 bridgehead atoms. The van der Waals surface area contributed by atoms with E-state index in [0.717, 1.165) is 44.1 Å². The number of halogens is 1. The number of guanidine groups is 1. The Hall–Kier alpha value is -1.55. The summed E-state index contributed by atoms with van der Waals surface area (Å²) in [5, 5.41) is 9.43. The minimum absolute atomic E-state index is 0. The molecular weight excluding hydrogens is 445 g/mol. The van der Waals surface area contributed by atoms with Gasteiger partial charge in [-0.15, -0.1) is 30.6 Å². The second-order valence-corrected chi connectivity index (χ2v) is 6.10. The van der Waals surface area contributed by atoms with Crippen molar-refractivity contribution in [3.8, 4) is 0 Å². The zero-order valence-electron chi connectivity index (χ0n) is 15.4. The number of nitrogens with one attached hydrogen (secondary N) is 3. The van der Waals surface area contributed by atoms with Crippen LogP contribution in [0, 0.1) is 0 Å². The van der Waals surface area contributed by atoms with Gasteiger partial charge in [0.15, 0.2) is 5.96 Å². The smallest absolute Gasteiger partial charge is 0.233 e. The molecule has 2 heterocycles. The molecule has 0 radical (unpaired) electrons. The van der Waals surface area contributed by atoms with Crippen LogP contribution in [0.25, 0.3) is 0 Å². The first kappa shape index (κ1) is 22.5. The van der Waals surface area contributed by atoms with Gasteiger partial charge in [-0.3, -0.25) is 14.7 Å². The molecule has 0 atom stereocenters. The second kappa shape index (κ2) is 12.7. The van der Waals surface area contributed by atoms with Crippen LogP contribution in [0.2, 0.25) is 0 Å². The zero-order chi connectivity index (χ0) is 17.9. The molecule has 0 aromatic carbocycles. The van der Waals surface area contributed by atoms with Gasteiger partial charge < -0.3 is 20.4 Å². The van der Waals surface area contributed by atoms with Gasteiger partial charge in [-0.25, -0.2) is 0 Å². The van der Waals surface area contributed by atoms with E-state index in [1.807, 2.05) is 18.2 Å². The monoisotopic (exact) mass is 475 g/mol. The van der Waals surface area contributed by atoms with Gasteiger partial charge in [0.2, 0.25) is 5.91 Å². The average Bonchev–Trinajstić information content (AvgIpc) is 3.14. The van der Waals surface area contributed by atoms with Gasteiger partial charge in [-0.05, 0) is 25.0 Å². The van der Waals surface area contributed by atoms with Gasteiger partial charge in [0, 0.05) is 45.7 Å². The number of amides is 1. The first-order chi connectivity index (χ1) is 12.2. The molecule has 2 rings (SSSR count). The van der Waals surface area contributed by atoms with Crippen LogP contribution in [0.1, 0.15) is 18.6 Å². The summed E-state index contributed by atoms with van der Waals surface area (Å²) in [5.74, 6) is 1.81. The Kier molecular flexibility index (Phi) is 11.0. The molecule has 26 heavy (non-hydrogen) atoms. The number of nitrogens with zero attached hydrogens (tertiary/aromatic N) is 2. The Bertz CT molecular complexity index is 554. The molecule has 1 aliphatic rings. The van der Waals surface area contributed by atoms with Crippen molar-refractivity contribution in [2.24, 2.45) is 4.99 Å². The van der Waals surface area contributed by atoms with Crippen molar-refractivity contribution in [3.05, 3.63) is 36.8 Å². The van der Waals surface area contributed by atoms with Crippen molar-refractivity contribution in [1.29, 1.82) is 0 Å². The van der Waals surface area contributed by atoms with Gasteiger partial charge in [-0.1, -0.05) is 6.08 Å². The van der Waals surface area contributed by atoms with Crippen LogP contribution in [0.3, 0.4) is 0 Å². The Morgan fingerprint density at radius 1 is 1.46 bits per heavy atom. The molecule has 1 aromatic rings. The van der Waals surface area contributed by atoms with Crippen LogP contribution < -0.4 is 16.0 Å². The van der Waals surface area contributed by atoms with E-state index < -0.39 is 0 Å². The molecular formula is C18H30IN5O2. The third-order valence-electron chi connectivity index (χ3n) is 4.20. The van der Waals surface area contributed by atoms with E-state index in [2.05, 4.69) is 32.4 Å². The van der Waals surface area contributed by atoms with Crippen LogP contribution in [0.5, 0.6) is 0 Å². The van der Waals surface area contributed by atoms with Gasteiger partial charge in [0.25, 0.3) is 0 Å². The molecule has 146 valence electrons. The Balaban J connectivity index is 0.00000338. The lowest BCUT2D eigenvalue weighted by Crippen LogP contribution is -2.50. The molecule has 7 nitrogen and oxygen atoms in total. The summed E-state index contributed by atoms with van der Waals surface area (Å²) in [6.45, 7) is 7.36. The fraction of sp³-hybridized carbons (Fsp3) is 0.556. The van der Waals surface area contributed by atoms with Crippen LogP contribution in [0.15, 0.2) is 40.5 Å². The van der Waals surface area contributed by atoms with E-state index >= 15 is 0 Å². The van der Waals surface area contributed by atoms with E-state index in [4.69, 9.17) is 4.42 Å². The molecule has 1 aliphatic heterocycles. The summed E-state index contributed by atoms with van der Waals surface area (Å²) in [4.78, 5) is 18.3. The number of piperidine rings is 1. The molecule has 3 N–H and O–H groups in total. The Morgan fingerprint density at radius 3 is 2.85 bits per heavy atom. The van der Waals surface area contributed by atoms with E-state index in [9.17, 15) is 4.79 Å². The summed E-state index contributed by atoms with van der Waals surface area (Å²) in [5.41, 5.74) is 0. The molecule has 1 aromatic heterocycles. The van der Waals surface area contributed by atoms with Crippen molar-refractivity contribution >= 4 is 35.8 Å². The summed E-state index contributed by atoms with van der Waals surface area (Å²) < 4.78 is 5.33. The number of furan rings is 1. The predicted molar refractivity (Wildman–Crippen MR) is 115 cm³/mol. The summed E-state index contributed by atoms with van der Waals surface area (Å²) >= 11 is 0. The maximum atomic E-state index is 11.5. The quantitative estimate of drug-likeness (QED) is 0.229. The van der Waals surface area contributed by atoms with E-state index in [1.165, 1.54) is 0 Å². The highest BCUT2D eigenvalue weighted by Gasteiger charge is 2.21. The minimum atomic E-state index is 0. The summed E-state index contributed by atoms with van der Waals surface area (Å²) in [7, 11) is 1.67. The number of carbonyl (C=O) groups excluding carboxylic acids is 1. The number of aliphatic imine (C=N–C) groups is 1. The first-order valence-electron chi connectivity index (χ1n) is 8.82. The highest BCUT2D eigenvalue weighted by atomic mass is 127. The number of likely N-dealkylation sites (tertiary alicyclic amines) is 1. The highest BCUT2D eigenvalue weighted by Crippen LogP contribution is 2.10. The SMILES string of the molecule is C=CCNC(=NCCc1ccco1)NC1CCN(CC(=O)NC)CC1.I. The largest absolute Gasteiger partial charge is 0.469 e. The van der Waals surface area contributed by atoms with Crippen molar-refractivity contribution in [2.45, 2.75) is 25.3 Å². The molecule has 1 fully saturated rings. The standard InChI is InChI=1S/C18H29N5O2.HI/c1-3-9-20-18(21-10-6-16-5-4-13-25-16)22-15-7-11-23(12-8-15)14-17(24)19-2;/h3-5,13,15H,1,6-12,14H2,2H3,(H,19,24)(H2,20,21,22);1H. The minimum Gasteiger partial charge on any atom is -0.469 e. The Labute approximate surface area is 172 Å². The van der Waals surface area contributed by atoms with Crippen LogP contribution in [-0.2, 0) is 11.2 Å². The average molecular weight is 475 g/mol. The van der Waals surface area contributed by atoms with E-state index in [-0.39, 0.29) is 29.9 Å². The second-order valence-electron chi connectivity index (χ2n) is 6.10. The van der Waals surface area contributed by atoms with Crippen molar-refractivity contribution in [1.82, 2.24) is 20.9 Å². The van der Waals surface area contributed by atoms with Gasteiger partial charge >= 0.3 is 0 Å². The van der Waals surface area contributed by atoms with Crippen molar-refractivity contribution in [2.75, 3.05) is 39.8 Å². The summed E-state index contributed by atoms with van der Waals surface area (Å²) in [6.07, 6.45) is 6.25. The number of likely N-dealkylation sites (N-methyl/N-ethyl adjacent to an activating group) is 1. The Morgan fingerprint density at radius 2 is 2.23 bits per heavy atom. The molecule has 0 spiro atoms. The number of hydrogen-bond acceptors (Lipinski definition) is 4. The molecule has 8 heteroatoms. The number of rotatable bonds is 8. The molecule has 0 unspecified atom stereocenters. The lowest BCUT2D eigenvalue weighted by atomic mass is 10.1. The van der Waals surface area contributed by atoms with Crippen molar-refractivity contribution < 1.29 is 9.21 Å². The van der Waals surface area contributed by atoms with Crippen molar-refractivity contribution in [3.63, 3.8) is 0 Å². The lowest BCUT2D eigenvalue weighted by Gasteiger charge is -2.32. The third kappa shape index (κ3) is 8.22. The van der Waals surface area contributed by atoms with Gasteiger partial charge in [0.1, 0.15) is 5.76 Å². The molecule has 0 aliphatic carbocycles.